The van der Waals surface area contributed by atoms with Gasteiger partial charge in [-0.3, -0.25) is 4.79 Å². The first-order chi connectivity index (χ1) is 9.95. The summed E-state index contributed by atoms with van der Waals surface area (Å²) in [5, 5.41) is 9.43. The molecule has 1 aliphatic heterocycles. The summed E-state index contributed by atoms with van der Waals surface area (Å²) >= 11 is 0. The van der Waals surface area contributed by atoms with Crippen molar-refractivity contribution in [3.63, 3.8) is 0 Å². The van der Waals surface area contributed by atoms with Crippen molar-refractivity contribution in [1.29, 1.82) is 0 Å². The maximum atomic E-state index is 11.5. The van der Waals surface area contributed by atoms with Gasteiger partial charge in [0.1, 0.15) is 11.6 Å². The highest BCUT2D eigenvalue weighted by molar-refractivity contribution is 5.73. The van der Waals surface area contributed by atoms with Gasteiger partial charge >= 0.3 is 5.97 Å². The van der Waals surface area contributed by atoms with E-state index in [0.717, 1.165) is 25.2 Å². The summed E-state index contributed by atoms with van der Waals surface area (Å²) < 4.78 is 0. The van der Waals surface area contributed by atoms with E-state index in [-0.39, 0.29) is 11.8 Å². The Kier molecular flexibility index (Phi) is 3.35. The summed E-state index contributed by atoms with van der Waals surface area (Å²) in [5.74, 6) is 1.45. The molecule has 2 fully saturated rings. The summed E-state index contributed by atoms with van der Waals surface area (Å²) in [6, 6.07) is 1.72. The van der Waals surface area contributed by atoms with E-state index in [1.807, 2.05) is 19.0 Å². The number of carboxylic acids is 1. The molecule has 1 saturated carbocycles. The molecule has 3 N–H and O–H groups in total. The minimum Gasteiger partial charge on any atom is -0.481 e. The van der Waals surface area contributed by atoms with Crippen LogP contribution in [0.5, 0.6) is 0 Å². The second-order valence-electron chi connectivity index (χ2n) is 6.20. The first kappa shape index (κ1) is 13.9. The molecule has 2 aliphatic rings. The van der Waals surface area contributed by atoms with Gasteiger partial charge in [0.15, 0.2) is 0 Å². The fourth-order valence-corrected chi connectivity index (χ4v) is 3.08. The van der Waals surface area contributed by atoms with Crippen molar-refractivity contribution in [2.75, 3.05) is 42.7 Å². The number of hydrogen-bond acceptors (Lipinski definition) is 6. The van der Waals surface area contributed by atoms with Crippen LogP contribution in [0.15, 0.2) is 6.07 Å². The number of carbonyl (C=O) groups is 1. The fourth-order valence-electron chi connectivity index (χ4n) is 3.08. The smallest absolute Gasteiger partial charge is 0.308 e. The lowest BCUT2D eigenvalue weighted by atomic mass is 9.92. The zero-order chi connectivity index (χ0) is 15.1. The Morgan fingerprint density at radius 2 is 2.10 bits per heavy atom. The number of carboxylic acid groups (broad SMARTS) is 1. The van der Waals surface area contributed by atoms with Crippen molar-refractivity contribution >= 4 is 23.6 Å². The molecule has 0 bridgehead atoms. The number of anilines is 3. The van der Waals surface area contributed by atoms with Gasteiger partial charge in [-0.1, -0.05) is 0 Å². The summed E-state index contributed by atoms with van der Waals surface area (Å²) in [7, 11) is 3.71. The molecule has 0 spiro atoms. The molecule has 1 aromatic heterocycles. The molecule has 1 aliphatic carbocycles. The van der Waals surface area contributed by atoms with Crippen LogP contribution >= 0.6 is 0 Å². The second-order valence-corrected chi connectivity index (χ2v) is 6.20. The van der Waals surface area contributed by atoms with Gasteiger partial charge in [-0.15, -0.1) is 0 Å². The van der Waals surface area contributed by atoms with Crippen LogP contribution in [0.3, 0.4) is 0 Å². The quantitative estimate of drug-likeness (QED) is 0.841. The van der Waals surface area contributed by atoms with Crippen LogP contribution < -0.4 is 15.5 Å². The van der Waals surface area contributed by atoms with Crippen molar-refractivity contribution in [2.24, 2.45) is 17.8 Å². The van der Waals surface area contributed by atoms with Crippen LogP contribution in [0, 0.1) is 17.8 Å². The molecule has 7 heteroatoms. The van der Waals surface area contributed by atoms with Crippen molar-refractivity contribution in [3.05, 3.63) is 6.07 Å². The lowest BCUT2D eigenvalue weighted by Gasteiger charge is -2.20. The van der Waals surface area contributed by atoms with Crippen molar-refractivity contribution in [1.82, 2.24) is 9.97 Å². The SMILES string of the molecule is CN(C)c1nc(N)cc(N2C[C@H](C(=O)O)[C@@H](C3CC3)C2)n1. The number of aromatic nitrogens is 2. The molecule has 2 heterocycles. The van der Waals surface area contributed by atoms with Crippen molar-refractivity contribution < 1.29 is 9.90 Å². The average molecular weight is 291 g/mol. The van der Waals surface area contributed by atoms with Crippen LogP contribution in [0.4, 0.5) is 17.6 Å². The van der Waals surface area contributed by atoms with E-state index in [9.17, 15) is 9.90 Å². The third-order valence-electron chi connectivity index (χ3n) is 4.35. The van der Waals surface area contributed by atoms with Crippen LogP contribution in [0.1, 0.15) is 12.8 Å². The number of nitrogens with zero attached hydrogens (tertiary/aromatic N) is 4. The zero-order valence-corrected chi connectivity index (χ0v) is 12.4. The number of nitrogens with two attached hydrogens (primary N) is 1. The Balaban J connectivity index is 1.85. The second kappa shape index (κ2) is 5.05. The predicted molar refractivity (Wildman–Crippen MR) is 80.3 cm³/mol. The van der Waals surface area contributed by atoms with E-state index >= 15 is 0 Å². The molecular formula is C14H21N5O2. The number of rotatable bonds is 4. The van der Waals surface area contributed by atoms with Crippen LogP contribution in [0.2, 0.25) is 0 Å². The molecule has 7 nitrogen and oxygen atoms in total. The highest BCUT2D eigenvalue weighted by Crippen LogP contribution is 2.44. The van der Waals surface area contributed by atoms with Gasteiger partial charge in [-0.25, -0.2) is 0 Å². The topological polar surface area (TPSA) is 95.6 Å². The maximum absolute atomic E-state index is 11.5. The molecule has 21 heavy (non-hydrogen) atoms. The molecule has 0 unspecified atom stereocenters. The van der Waals surface area contributed by atoms with E-state index in [0.29, 0.717) is 24.2 Å². The van der Waals surface area contributed by atoms with E-state index in [4.69, 9.17) is 5.73 Å². The number of nitrogen functional groups attached to an aromatic ring is 1. The third kappa shape index (κ3) is 2.72. The Labute approximate surface area is 123 Å². The molecule has 114 valence electrons. The van der Waals surface area contributed by atoms with Crippen LogP contribution in [-0.4, -0.2) is 48.2 Å². The van der Waals surface area contributed by atoms with Crippen LogP contribution in [0.25, 0.3) is 0 Å². The highest BCUT2D eigenvalue weighted by Gasteiger charge is 2.46. The highest BCUT2D eigenvalue weighted by atomic mass is 16.4. The Morgan fingerprint density at radius 1 is 1.38 bits per heavy atom. The lowest BCUT2D eigenvalue weighted by molar-refractivity contribution is -0.142. The first-order valence-corrected chi connectivity index (χ1v) is 7.25. The van der Waals surface area contributed by atoms with Gasteiger partial charge in [-0.2, -0.15) is 9.97 Å². The molecule has 1 aromatic rings. The normalized spacial score (nSPS) is 25.1. The largest absolute Gasteiger partial charge is 0.481 e. The Morgan fingerprint density at radius 3 is 2.67 bits per heavy atom. The minimum atomic E-state index is -0.704. The minimum absolute atomic E-state index is 0.224. The molecule has 1 saturated heterocycles. The fraction of sp³-hybridized carbons (Fsp3) is 0.643. The summed E-state index contributed by atoms with van der Waals surface area (Å²) in [4.78, 5) is 24.0. The van der Waals surface area contributed by atoms with Gasteiger partial charge < -0.3 is 20.6 Å². The zero-order valence-electron chi connectivity index (χ0n) is 12.4. The number of aliphatic carboxylic acids is 1. The molecule has 2 atom stereocenters. The van der Waals surface area contributed by atoms with Crippen molar-refractivity contribution in [3.8, 4) is 0 Å². The van der Waals surface area contributed by atoms with Gasteiger partial charge in [-0.05, 0) is 24.7 Å². The van der Waals surface area contributed by atoms with Gasteiger partial charge in [0, 0.05) is 33.3 Å². The van der Waals surface area contributed by atoms with E-state index < -0.39 is 5.97 Å². The Bertz CT molecular complexity index is 558. The third-order valence-corrected chi connectivity index (χ3v) is 4.35. The van der Waals surface area contributed by atoms with Crippen molar-refractivity contribution in [2.45, 2.75) is 12.8 Å². The Hall–Kier alpha value is -2.05. The lowest BCUT2D eigenvalue weighted by Crippen LogP contribution is -2.25. The molecule has 3 rings (SSSR count). The van der Waals surface area contributed by atoms with Gasteiger partial charge in [0.2, 0.25) is 5.95 Å². The van der Waals surface area contributed by atoms with Crippen LogP contribution in [-0.2, 0) is 4.79 Å². The molecule has 0 aromatic carbocycles. The summed E-state index contributed by atoms with van der Waals surface area (Å²) in [5.41, 5.74) is 5.85. The van der Waals surface area contributed by atoms with E-state index in [2.05, 4.69) is 9.97 Å². The monoisotopic (exact) mass is 291 g/mol. The first-order valence-electron chi connectivity index (χ1n) is 7.25. The number of hydrogen-bond donors (Lipinski definition) is 2. The molecule has 0 radical (unpaired) electrons. The molecule has 0 amide bonds. The van der Waals surface area contributed by atoms with E-state index in [1.54, 1.807) is 11.0 Å². The van der Waals surface area contributed by atoms with Gasteiger partial charge in [0.05, 0.1) is 5.92 Å². The maximum Gasteiger partial charge on any atom is 0.308 e. The summed E-state index contributed by atoms with van der Waals surface area (Å²) in [6.45, 7) is 1.24. The van der Waals surface area contributed by atoms with E-state index in [1.165, 1.54) is 0 Å². The average Bonchev–Trinajstić information content (AvgIpc) is 3.16. The summed E-state index contributed by atoms with van der Waals surface area (Å²) in [6.07, 6.45) is 2.30. The predicted octanol–water partition coefficient (Wildman–Crippen LogP) is 0.672. The molecular weight excluding hydrogens is 270 g/mol. The van der Waals surface area contributed by atoms with Gasteiger partial charge in [0.25, 0.3) is 0 Å². The standard InChI is InChI=1S/C14H21N5O2/c1-18(2)14-16-11(15)5-12(17-14)19-6-9(8-3-4-8)10(7-19)13(20)21/h5,8-10H,3-4,6-7H2,1-2H3,(H,20,21)(H2,15,16,17)/t9-,10+/m1/s1.